The molecule has 0 bridgehead atoms. The molecule has 0 atom stereocenters. The van der Waals surface area contributed by atoms with E-state index in [1.807, 2.05) is 81.7 Å². The van der Waals surface area contributed by atoms with Crippen LogP contribution in [-0.2, 0) is 39.2 Å². The van der Waals surface area contributed by atoms with Crippen molar-refractivity contribution in [3.8, 4) is 0 Å². The summed E-state index contributed by atoms with van der Waals surface area (Å²) in [6.07, 6.45) is 15.8. The predicted octanol–water partition coefficient (Wildman–Crippen LogP) is 15.9. The van der Waals surface area contributed by atoms with Crippen molar-refractivity contribution >= 4 is 170 Å². The molecule has 0 unspecified atom stereocenters. The average Bonchev–Trinajstić information content (AvgIpc) is 1.61. The molecule has 510 valence electrons. The molecule has 19 nitrogen and oxygen atoms in total. The lowest BCUT2D eigenvalue weighted by Crippen LogP contribution is -2.36. The van der Waals surface area contributed by atoms with Gasteiger partial charge in [-0.25, -0.2) is 51.1 Å². The maximum absolute atomic E-state index is 13.8. The van der Waals surface area contributed by atoms with E-state index in [2.05, 4.69) is 37.1 Å². The molecule has 5 aromatic carbocycles. The highest BCUT2D eigenvalue weighted by atomic mass is 35.5. The molecule has 2 aliphatic rings. The monoisotopic (exact) mass is 1450 g/mol. The number of benzene rings is 5. The van der Waals surface area contributed by atoms with E-state index in [0.29, 0.717) is 72.5 Å². The van der Waals surface area contributed by atoms with Crippen molar-refractivity contribution < 1.29 is 40.8 Å². The zero-order valence-corrected chi connectivity index (χ0v) is 60.8. The van der Waals surface area contributed by atoms with Gasteiger partial charge in [0.15, 0.2) is 23.0 Å². The van der Waals surface area contributed by atoms with Crippen LogP contribution >= 0.6 is 69.6 Å². The molecule has 0 spiro atoms. The second kappa shape index (κ2) is 35.9. The fourth-order valence-corrected chi connectivity index (χ4v) is 12.9. The topological polar surface area (TPSA) is 241 Å². The summed E-state index contributed by atoms with van der Waals surface area (Å²) in [4.78, 5) is 72.5. The first-order chi connectivity index (χ1) is 44.5. The summed E-state index contributed by atoms with van der Waals surface area (Å²) in [6, 6.07) is 22.1. The number of likely N-dealkylation sites (N-methyl/N-ethyl adjacent to an activating group) is 2. The highest BCUT2D eigenvalue weighted by Gasteiger charge is 2.51. The lowest BCUT2D eigenvalue weighted by Gasteiger charge is -2.24. The first-order valence-electron chi connectivity index (χ1n) is 31.4. The number of halogens is 6. The number of amidine groups is 1. The van der Waals surface area contributed by atoms with Crippen LogP contribution in [-0.4, -0.2) is 116 Å². The van der Waals surface area contributed by atoms with E-state index in [4.69, 9.17) is 79.3 Å². The quantitative estimate of drug-likeness (QED) is 0.0133. The van der Waals surface area contributed by atoms with Gasteiger partial charge < -0.3 is 19.9 Å². The Hall–Kier alpha value is -5.85. The third-order valence-electron chi connectivity index (χ3n) is 15.9. The fraction of sp³-hybridized carbons (Fsp3) is 0.448. The summed E-state index contributed by atoms with van der Waals surface area (Å²) in [5, 5.41) is 5.11. The van der Waals surface area contributed by atoms with E-state index in [1.54, 1.807) is 24.3 Å². The molecule has 1 saturated heterocycles. The summed E-state index contributed by atoms with van der Waals surface area (Å²) in [6.45, 7) is 16.7. The van der Waals surface area contributed by atoms with Crippen LogP contribution in [0.15, 0.2) is 93.8 Å². The van der Waals surface area contributed by atoms with Crippen molar-refractivity contribution in [1.82, 2.24) is 14.9 Å². The standard InChI is InChI=1S/C39H56Cl2N4O6S.C28H28Cl4N6O3S/c1-6-9-10-11-12-13-14-15-16-17-24-51-38(48)30-26-34(32(41)27-31(30)40)44-37(47)35(36(46)39(7-2)20-21-39)43-33-19-18-29(25-28(33)4)45(8-3)23-22-42-52(5,49)50;1-5-37(11-10-33-42(4,40)41)19-7-9-23(17(3)13-19)34-25-27(35-24-12-16(2)6-8-20(24)30)36-38(28(25)39)26-21(31)14-18(29)15-22(26)32/h18-19,25-27,42H,6-17,20-24H2,1-5H3,(H,44,47);6-9,12-15,33H,5,10-11H2,1-4H3,(H,35,36). The summed E-state index contributed by atoms with van der Waals surface area (Å²) in [5.74, 6) is -2.09. The lowest BCUT2D eigenvalue weighted by molar-refractivity contribution is -0.119. The van der Waals surface area contributed by atoms with Crippen LogP contribution < -0.4 is 35.0 Å². The van der Waals surface area contributed by atoms with Crippen LogP contribution in [0.2, 0.25) is 30.1 Å². The number of amides is 2. The molecule has 7 rings (SSSR count). The Kier molecular flexibility index (Phi) is 29.5. The lowest BCUT2D eigenvalue weighted by atomic mass is 9.93. The van der Waals surface area contributed by atoms with Gasteiger partial charge in [-0.2, -0.15) is 0 Å². The number of hydrogen-bond acceptors (Lipinski definition) is 14. The highest BCUT2D eigenvalue weighted by Crippen LogP contribution is 2.50. The molecule has 1 aliphatic heterocycles. The number of Topliss-reactive ketones (excluding diaryl/α,β-unsaturated/α-hetero) is 1. The zero-order chi connectivity index (χ0) is 69.1. The molecular formula is C67H84Cl6N10O9S2. The predicted molar refractivity (Wildman–Crippen MR) is 388 cm³/mol. The molecule has 5 aromatic rings. The van der Waals surface area contributed by atoms with Gasteiger partial charge in [0.05, 0.1) is 72.5 Å². The second-order valence-corrected chi connectivity index (χ2v) is 29.4. The number of unbranched alkanes of at least 4 members (excludes halogenated alkanes) is 9. The zero-order valence-electron chi connectivity index (χ0n) is 54.6. The Morgan fingerprint density at radius 2 is 1.17 bits per heavy atom. The number of aryl methyl sites for hydroxylation is 3. The number of nitrogens with one attached hydrogen (secondary N) is 4. The third-order valence-corrected chi connectivity index (χ3v) is 19.1. The number of sulfonamides is 2. The summed E-state index contributed by atoms with van der Waals surface area (Å²) in [5.41, 5.74) is 8.07. The van der Waals surface area contributed by atoms with Gasteiger partial charge in [0.1, 0.15) is 5.69 Å². The minimum Gasteiger partial charge on any atom is -0.462 e. The van der Waals surface area contributed by atoms with E-state index in [0.717, 1.165) is 59.8 Å². The minimum atomic E-state index is -3.31. The Labute approximate surface area is 583 Å². The van der Waals surface area contributed by atoms with Crippen LogP contribution in [0.4, 0.5) is 39.8 Å². The summed E-state index contributed by atoms with van der Waals surface area (Å²) < 4.78 is 56.4. The van der Waals surface area contributed by atoms with Gasteiger partial charge in [-0.15, -0.1) is 0 Å². The fourth-order valence-electron chi connectivity index (χ4n) is 10.3. The van der Waals surface area contributed by atoms with E-state index >= 15 is 0 Å². The normalized spacial score (nSPS) is 14.6. The number of hydrazine groups is 1. The van der Waals surface area contributed by atoms with Crippen LogP contribution in [0.1, 0.15) is 138 Å². The van der Waals surface area contributed by atoms with E-state index in [-0.39, 0.29) is 79.8 Å². The number of nitrogens with zero attached hydrogens (tertiary/aromatic N) is 6. The average molecular weight is 1450 g/mol. The Balaban J connectivity index is 0.000000304. The van der Waals surface area contributed by atoms with Crippen LogP contribution in [0.3, 0.4) is 0 Å². The largest absolute Gasteiger partial charge is 0.462 e. The molecule has 0 radical (unpaired) electrons. The number of carbonyl (C=O) groups excluding carboxylic acids is 4. The van der Waals surface area contributed by atoms with E-state index in [1.165, 1.54) is 74.2 Å². The number of ketones is 1. The first-order valence-corrected chi connectivity index (χ1v) is 37.5. The minimum absolute atomic E-state index is 0.0233. The number of anilines is 4. The number of aliphatic imine (C=N–C) groups is 3. The van der Waals surface area contributed by atoms with E-state index in [9.17, 15) is 36.0 Å². The second-order valence-electron chi connectivity index (χ2n) is 23.3. The summed E-state index contributed by atoms with van der Waals surface area (Å²) >= 11 is 38.3. The first kappa shape index (κ1) is 77.2. The molecule has 94 heavy (non-hydrogen) atoms. The Morgan fingerprint density at radius 1 is 0.628 bits per heavy atom. The number of rotatable bonds is 33. The third kappa shape index (κ3) is 22.6. The van der Waals surface area contributed by atoms with Gasteiger partial charge in [0, 0.05) is 61.1 Å². The maximum Gasteiger partial charge on any atom is 0.339 e. The molecule has 27 heteroatoms. The van der Waals surface area contributed by atoms with Crippen molar-refractivity contribution in [3.63, 3.8) is 0 Å². The molecule has 4 N–H and O–H groups in total. The Bertz CT molecular complexity index is 3860. The van der Waals surface area contributed by atoms with Crippen molar-refractivity contribution in [2.75, 3.05) is 78.5 Å². The molecule has 1 aliphatic carbocycles. The molecule has 0 aromatic heterocycles. The van der Waals surface area contributed by atoms with Gasteiger partial charge >= 0.3 is 5.97 Å². The molecule has 2 fully saturated rings. The number of esters is 1. The van der Waals surface area contributed by atoms with Gasteiger partial charge in [-0.1, -0.05) is 147 Å². The maximum atomic E-state index is 13.8. The number of hydrogen-bond donors (Lipinski definition) is 4. The molecule has 2 amide bonds. The van der Waals surface area contributed by atoms with Gasteiger partial charge in [-0.05, 0) is 150 Å². The Morgan fingerprint density at radius 3 is 1.68 bits per heavy atom. The van der Waals surface area contributed by atoms with Crippen LogP contribution in [0.25, 0.3) is 0 Å². The number of ether oxygens (including phenoxy) is 1. The SMILES string of the molecule is CCCCCCCCCCCCOC(=O)c1cc(NC(=O)C(=Nc2ccc(N(CC)CCNS(C)(=O)=O)cc2C)C(=O)C2(CC)CC2)c(Cl)cc1Cl.CCN(CCNS(C)(=O)=O)c1ccc(N=C2C(=O)N(c3c(Cl)cc(Cl)cc3Cl)NC2=Nc2cc(C)ccc2Cl)c(C)c1. The number of carbonyl (C=O) groups is 4. The van der Waals surface area contributed by atoms with Crippen molar-refractivity contribution in [1.29, 1.82) is 0 Å². The van der Waals surface area contributed by atoms with E-state index < -0.39 is 43.2 Å². The highest BCUT2D eigenvalue weighted by molar-refractivity contribution is 7.89. The van der Waals surface area contributed by atoms with Gasteiger partial charge in [-0.3, -0.25) is 19.8 Å². The summed E-state index contributed by atoms with van der Waals surface area (Å²) in [7, 11) is -6.60. The van der Waals surface area contributed by atoms with Crippen molar-refractivity contribution in [2.45, 2.75) is 132 Å². The van der Waals surface area contributed by atoms with Crippen molar-refractivity contribution in [2.24, 2.45) is 20.4 Å². The molecular weight excluding hydrogens is 1370 g/mol. The molecule has 1 heterocycles. The van der Waals surface area contributed by atoms with Crippen molar-refractivity contribution in [3.05, 3.63) is 131 Å². The van der Waals surface area contributed by atoms with Gasteiger partial charge in [0.2, 0.25) is 20.0 Å². The molecule has 1 saturated carbocycles. The van der Waals surface area contributed by atoms with Crippen LogP contribution in [0.5, 0.6) is 0 Å². The van der Waals surface area contributed by atoms with Crippen LogP contribution in [0, 0.1) is 26.2 Å². The smallest absolute Gasteiger partial charge is 0.339 e. The van der Waals surface area contributed by atoms with Gasteiger partial charge in [0.25, 0.3) is 11.8 Å².